The average Bonchev–Trinajstić information content (AvgIpc) is 2.69. The van der Waals surface area contributed by atoms with Gasteiger partial charge in [0.05, 0.1) is 18.2 Å². The molecule has 1 fully saturated rings. The Bertz CT molecular complexity index is 765. The number of amides is 1. The van der Waals surface area contributed by atoms with Crippen molar-refractivity contribution in [3.8, 4) is 11.5 Å². The Labute approximate surface area is 161 Å². The maximum Gasteiger partial charge on any atom is 0.254 e. The number of benzene rings is 1. The van der Waals surface area contributed by atoms with Crippen LogP contribution < -0.4 is 14.4 Å². The molecule has 7 nitrogen and oxygen atoms in total. The maximum atomic E-state index is 12.9. The van der Waals surface area contributed by atoms with Gasteiger partial charge in [-0.2, -0.15) is 0 Å². The van der Waals surface area contributed by atoms with Crippen LogP contribution in [-0.2, 0) is 0 Å². The summed E-state index contributed by atoms with van der Waals surface area (Å²) in [4.78, 5) is 25.3. The first-order valence-electron chi connectivity index (χ1n) is 8.45. The van der Waals surface area contributed by atoms with E-state index in [1.807, 2.05) is 11.8 Å². The normalized spacial score (nSPS) is 14.3. The molecule has 1 aliphatic rings. The largest absolute Gasteiger partial charge is 0.493 e. The molecule has 1 saturated heterocycles. The molecule has 1 aromatic heterocycles. The predicted octanol–water partition coefficient (Wildman–Crippen LogP) is 2.61. The minimum Gasteiger partial charge on any atom is -0.493 e. The quantitative estimate of drug-likeness (QED) is 0.740. The van der Waals surface area contributed by atoms with Gasteiger partial charge in [-0.1, -0.05) is 0 Å². The lowest BCUT2D eigenvalue weighted by Gasteiger charge is -2.34. The lowest BCUT2D eigenvalue weighted by atomic mass is 10.1. The molecule has 0 saturated carbocycles. The van der Waals surface area contributed by atoms with Gasteiger partial charge in [-0.05, 0) is 41.1 Å². The molecular weight excluding hydrogens is 400 g/mol. The first-order valence-corrected chi connectivity index (χ1v) is 9.25. The van der Waals surface area contributed by atoms with Crippen LogP contribution in [0.2, 0.25) is 0 Å². The van der Waals surface area contributed by atoms with Crippen LogP contribution in [0.25, 0.3) is 0 Å². The maximum absolute atomic E-state index is 12.9. The fourth-order valence-electron chi connectivity index (χ4n) is 2.87. The number of halogens is 1. The Hall–Kier alpha value is -2.35. The number of methoxy groups -OCH3 is 1. The third kappa shape index (κ3) is 3.90. The molecule has 8 heteroatoms. The summed E-state index contributed by atoms with van der Waals surface area (Å²) < 4.78 is 11.7. The summed E-state index contributed by atoms with van der Waals surface area (Å²) in [6, 6.07) is 5.30. The van der Waals surface area contributed by atoms with Gasteiger partial charge in [0.1, 0.15) is 0 Å². The Morgan fingerprint density at radius 3 is 2.50 bits per heavy atom. The molecule has 2 heterocycles. The number of piperazine rings is 1. The monoisotopic (exact) mass is 420 g/mol. The standard InChI is InChI=1S/C18H21BrN4O3/c1-3-26-16-14(19)11-13(12-15(16)25-2)17(24)22-7-9-23(10-8-22)18-20-5-4-6-21-18/h4-6,11-12H,3,7-10H2,1-2H3. The smallest absolute Gasteiger partial charge is 0.254 e. The molecular formula is C18H21BrN4O3. The summed E-state index contributed by atoms with van der Waals surface area (Å²) in [7, 11) is 1.57. The highest BCUT2D eigenvalue weighted by molar-refractivity contribution is 9.10. The van der Waals surface area contributed by atoms with Crippen molar-refractivity contribution < 1.29 is 14.3 Å². The molecule has 0 N–H and O–H groups in total. The van der Waals surface area contributed by atoms with Crippen molar-refractivity contribution in [2.45, 2.75) is 6.92 Å². The van der Waals surface area contributed by atoms with Gasteiger partial charge in [0.25, 0.3) is 5.91 Å². The fourth-order valence-corrected chi connectivity index (χ4v) is 3.43. The van der Waals surface area contributed by atoms with Gasteiger partial charge in [0.15, 0.2) is 11.5 Å². The summed E-state index contributed by atoms with van der Waals surface area (Å²) in [6.45, 7) is 5.05. The number of anilines is 1. The zero-order valence-corrected chi connectivity index (χ0v) is 16.4. The minimum atomic E-state index is -0.0271. The van der Waals surface area contributed by atoms with Crippen molar-refractivity contribution >= 4 is 27.8 Å². The second-order valence-electron chi connectivity index (χ2n) is 5.75. The van der Waals surface area contributed by atoms with E-state index in [0.717, 1.165) is 0 Å². The van der Waals surface area contributed by atoms with Crippen molar-refractivity contribution in [3.63, 3.8) is 0 Å². The molecule has 0 bridgehead atoms. The molecule has 26 heavy (non-hydrogen) atoms. The molecule has 1 amide bonds. The van der Waals surface area contributed by atoms with E-state index in [9.17, 15) is 4.79 Å². The van der Waals surface area contributed by atoms with Crippen LogP contribution in [0.4, 0.5) is 5.95 Å². The van der Waals surface area contributed by atoms with Gasteiger partial charge in [-0.3, -0.25) is 4.79 Å². The minimum absolute atomic E-state index is 0.0271. The van der Waals surface area contributed by atoms with Crippen LogP contribution in [0.15, 0.2) is 35.1 Å². The number of hydrogen-bond acceptors (Lipinski definition) is 6. The highest BCUT2D eigenvalue weighted by atomic mass is 79.9. The summed E-state index contributed by atoms with van der Waals surface area (Å²) in [5.41, 5.74) is 0.571. The van der Waals surface area contributed by atoms with Gasteiger partial charge in [0, 0.05) is 44.1 Å². The van der Waals surface area contributed by atoms with Crippen LogP contribution in [0.5, 0.6) is 11.5 Å². The summed E-state index contributed by atoms with van der Waals surface area (Å²) in [5.74, 6) is 1.82. The summed E-state index contributed by atoms with van der Waals surface area (Å²) >= 11 is 3.47. The first kappa shape index (κ1) is 18.4. The molecule has 2 aromatic rings. The van der Waals surface area contributed by atoms with E-state index in [1.165, 1.54) is 0 Å². The molecule has 1 aromatic carbocycles. The first-order chi connectivity index (χ1) is 12.6. The Morgan fingerprint density at radius 2 is 1.88 bits per heavy atom. The van der Waals surface area contributed by atoms with E-state index in [4.69, 9.17) is 9.47 Å². The lowest BCUT2D eigenvalue weighted by molar-refractivity contribution is 0.0745. The van der Waals surface area contributed by atoms with E-state index in [1.54, 1.807) is 37.7 Å². The van der Waals surface area contributed by atoms with E-state index in [0.29, 0.717) is 60.3 Å². The SMILES string of the molecule is CCOc1c(Br)cc(C(=O)N2CCN(c3ncccn3)CC2)cc1OC. The van der Waals surface area contributed by atoms with Crippen LogP contribution >= 0.6 is 15.9 Å². The zero-order valence-electron chi connectivity index (χ0n) is 14.8. The van der Waals surface area contributed by atoms with E-state index in [-0.39, 0.29) is 5.91 Å². The number of aromatic nitrogens is 2. The van der Waals surface area contributed by atoms with E-state index < -0.39 is 0 Å². The molecule has 0 aliphatic carbocycles. The number of carbonyl (C=O) groups is 1. The van der Waals surface area contributed by atoms with Gasteiger partial charge in [0.2, 0.25) is 5.95 Å². The highest BCUT2D eigenvalue weighted by Gasteiger charge is 2.25. The molecule has 138 valence electrons. The predicted molar refractivity (Wildman–Crippen MR) is 102 cm³/mol. The Balaban J connectivity index is 1.71. The number of hydrogen-bond donors (Lipinski definition) is 0. The molecule has 1 aliphatic heterocycles. The lowest BCUT2D eigenvalue weighted by Crippen LogP contribution is -2.49. The van der Waals surface area contributed by atoms with Crippen molar-refractivity contribution in [2.75, 3.05) is 44.8 Å². The number of ether oxygens (including phenoxy) is 2. The summed E-state index contributed by atoms with van der Waals surface area (Å²) in [5, 5.41) is 0. The number of nitrogens with zero attached hydrogens (tertiary/aromatic N) is 4. The van der Waals surface area contributed by atoms with Crippen molar-refractivity contribution in [1.29, 1.82) is 0 Å². The second-order valence-corrected chi connectivity index (χ2v) is 6.60. The molecule has 0 radical (unpaired) electrons. The molecule has 0 spiro atoms. The fraction of sp³-hybridized carbons (Fsp3) is 0.389. The second kappa shape index (κ2) is 8.35. The van der Waals surface area contributed by atoms with E-state index >= 15 is 0 Å². The van der Waals surface area contributed by atoms with E-state index in [2.05, 4.69) is 30.8 Å². The third-order valence-electron chi connectivity index (χ3n) is 4.17. The number of carbonyl (C=O) groups excluding carboxylic acids is 1. The van der Waals surface area contributed by atoms with Crippen molar-refractivity contribution in [2.24, 2.45) is 0 Å². The van der Waals surface area contributed by atoms with Crippen LogP contribution in [0, 0.1) is 0 Å². The molecule has 0 atom stereocenters. The highest BCUT2D eigenvalue weighted by Crippen LogP contribution is 2.37. The average molecular weight is 421 g/mol. The van der Waals surface area contributed by atoms with Crippen LogP contribution in [-0.4, -0.2) is 60.7 Å². The summed E-state index contributed by atoms with van der Waals surface area (Å²) in [6.07, 6.45) is 3.45. The Morgan fingerprint density at radius 1 is 1.19 bits per heavy atom. The van der Waals surface area contributed by atoms with Gasteiger partial charge < -0.3 is 19.3 Å². The van der Waals surface area contributed by atoms with Gasteiger partial charge in [-0.15, -0.1) is 0 Å². The zero-order chi connectivity index (χ0) is 18.5. The third-order valence-corrected chi connectivity index (χ3v) is 4.76. The van der Waals surface area contributed by atoms with Crippen molar-refractivity contribution in [3.05, 3.63) is 40.6 Å². The van der Waals surface area contributed by atoms with Crippen LogP contribution in [0.3, 0.4) is 0 Å². The Kier molecular flexibility index (Phi) is 5.92. The number of rotatable bonds is 5. The van der Waals surface area contributed by atoms with Gasteiger partial charge in [-0.25, -0.2) is 9.97 Å². The topological polar surface area (TPSA) is 67.8 Å². The van der Waals surface area contributed by atoms with Crippen molar-refractivity contribution in [1.82, 2.24) is 14.9 Å². The van der Waals surface area contributed by atoms with Crippen LogP contribution in [0.1, 0.15) is 17.3 Å². The van der Waals surface area contributed by atoms with Gasteiger partial charge >= 0.3 is 0 Å². The molecule has 0 unspecified atom stereocenters. The molecule has 3 rings (SSSR count).